The van der Waals surface area contributed by atoms with Gasteiger partial charge in [-0.15, -0.1) is 0 Å². The fourth-order valence-electron chi connectivity index (χ4n) is 1.94. The lowest BCUT2D eigenvalue weighted by Gasteiger charge is -2.06. The second kappa shape index (κ2) is 9.07. The van der Waals surface area contributed by atoms with E-state index in [0.29, 0.717) is 11.1 Å². The molecule has 2 aromatic carbocycles. The molecule has 134 valence electrons. The number of nitrogens with zero attached hydrogens (tertiary/aromatic N) is 1. The van der Waals surface area contributed by atoms with Crippen LogP contribution in [0.3, 0.4) is 0 Å². The van der Waals surface area contributed by atoms with E-state index in [2.05, 4.69) is 5.32 Å². The normalized spacial score (nSPS) is 10.5. The molecule has 0 radical (unpaired) electrons. The number of nitrogens with one attached hydrogen (secondary N) is 1. The van der Waals surface area contributed by atoms with Crippen LogP contribution >= 0.6 is 0 Å². The van der Waals surface area contributed by atoms with Crippen molar-refractivity contribution in [1.82, 2.24) is 5.32 Å². The van der Waals surface area contributed by atoms with Crippen LogP contribution in [0, 0.1) is 15.9 Å². The Kier molecular flexibility index (Phi) is 6.55. The number of carbonyl (C=O) groups excluding carboxylic acids is 2. The lowest BCUT2D eigenvalue weighted by Crippen LogP contribution is -2.28. The number of hydrogen-bond donors (Lipinski definition) is 1. The lowest BCUT2D eigenvalue weighted by molar-refractivity contribution is -0.384. The zero-order chi connectivity index (χ0) is 18.9. The van der Waals surface area contributed by atoms with Gasteiger partial charge in [0.05, 0.1) is 4.92 Å². The second-order valence-electron chi connectivity index (χ2n) is 5.16. The third-order valence-electron chi connectivity index (χ3n) is 3.30. The summed E-state index contributed by atoms with van der Waals surface area (Å²) in [6, 6.07) is 11.6. The van der Waals surface area contributed by atoms with Crippen molar-refractivity contribution in [2.75, 3.05) is 6.61 Å². The summed E-state index contributed by atoms with van der Waals surface area (Å²) in [6.45, 7) is -0.514. The summed E-state index contributed by atoms with van der Waals surface area (Å²) in [4.78, 5) is 33.2. The fourth-order valence-corrected chi connectivity index (χ4v) is 1.94. The summed E-state index contributed by atoms with van der Waals surface area (Å²) in [5.41, 5.74) is 0.832. The third kappa shape index (κ3) is 5.82. The van der Waals surface area contributed by atoms with E-state index >= 15 is 0 Å². The number of non-ortho nitro benzene ring substituents is 1. The maximum absolute atomic E-state index is 13.4. The fraction of sp³-hybridized carbons (Fsp3) is 0.111. The first-order valence-electron chi connectivity index (χ1n) is 7.55. The molecule has 1 N–H and O–H groups in total. The molecule has 8 heteroatoms. The summed E-state index contributed by atoms with van der Waals surface area (Å²) in [6.07, 6.45) is 2.51. The van der Waals surface area contributed by atoms with Gasteiger partial charge in [-0.25, -0.2) is 9.18 Å². The van der Waals surface area contributed by atoms with E-state index in [1.54, 1.807) is 12.1 Å². The molecule has 0 atom stereocenters. The molecule has 0 aromatic heterocycles. The third-order valence-corrected chi connectivity index (χ3v) is 3.30. The van der Waals surface area contributed by atoms with Gasteiger partial charge in [0.25, 0.3) is 11.6 Å². The van der Waals surface area contributed by atoms with Crippen molar-refractivity contribution >= 4 is 23.6 Å². The van der Waals surface area contributed by atoms with E-state index in [-0.39, 0.29) is 12.2 Å². The average molecular weight is 358 g/mol. The van der Waals surface area contributed by atoms with Crippen molar-refractivity contribution in [3.05, 3.63) is 81.7 Å². The van der Waals surface area contributed by atoms with E-state index in [4.69, 9.17) is 4.74 Å². The molecule has 0 bridgehead atoms. The van der Waals surface area contributed by atoms with Crippen LogP contribution < -0.4 is 5.32 Å². The Bertz CT molecular complexity index is 834. The van der Waals surface area contributed by atoms with Gasteiger partial charge in [-0.1, -0.05) is 18.2 Å². The molecule has 0 heterocycles. The van der Waals surface area contributed by atoms with Crippen LogP contribution in [0.2, 0.25) is 0 Å². The van der Waals surface area contributed by atoms with Gasteiger partial charge in [0.1, 0.15) is 5.82 Å². The molecular weight excluding hydrogens is 343 g/mol. The average Bonchev–Trinajstić information content (AvgIpc) is 2.64. The minimum atomic E-state index is -0.746. The van der Waals surface area contributed by atoms with Crippen LogP contribution in [0.4, 0.5) is 10.1 Å². The molecule has 0 aliphatic rings. The summed E-state index contributed by atoms with van der Waals surface area (Å²) in [5, 5.41) is 13.0. The largest absolute Gasteiger partial charge is 0.452 e. The lowest BCUT2D eigenvalue weighted by atomic mass is 10.2. The van der Waals surface area contributed by atoms with Gasteiger partial charge in [-0.05, 0) is 29.8 Å². The first-order valence-corrected chi connectivity index (χ1v) is 7.55. The molecule has 26 heavy (non-hydrogen) atoms. The Morgan fingerprint density at radius 3 is 2.50 bits per heavy atom. The van der Waals surface area contributed by atoms with Gasteiger partial charge >= 0.3 is 5.97 Å². The molecule has 0 aliphatic heterocycles. The Labute approximate surface area is 148 Å². The zero-order valence-electron chi connectivity index (χ0n) is 13.6. The second-order valence-corrected chi connectivity index (χ2v) is 5.16. The van der Waals surface area contributed by atoms with Crippen molar-refractivity contribution in [3.63, 3.8) is 0 Å². The van der Waals surface area contributed by atoms with Crippen LogP contribution in [0.15, 0.2) is 54.6 Å². The molecule has 0 unspecified atom stereocenters. The molecule has 0 saturated carbocycles. The highest BCUT2D eigenvalue weighted by atomic mass is 19.1. The Morgan fingerprint density at radius 1 is 1.15 bits per heavy atom. The van der Waals surface area contributed by atoms with Gasteiger partial charge < -0.3 is 10.1 Å². The Morgan fingerprint density at radius 2 is 1.85 bits per heavy atom. The number of esters is 1. The number of nitro groups is 1. The number of halogens is 1. The van der Waals surface area contributed by atoms with Crippen LogP contribution in [0.5, 0.6) is 0 Å². The maximum Gasteiger partial charge on any atom is 0.331 e. The molecule has 0 aliphatic carbocycles. The number of hydrogen-bond acceptors (Lipinski definition) is 5. The van der Waals surface area contributed by atoms with Crippen LogP contribution in [-0.2, 0) is 20.9 Å². The maximum atomic E-state index is 13.4. The Balaban J connectivity index is 1.76. The number of amides is 1. The number of benzene rings is 2. The molecule has 2 rings (SSSR count). The Hall–Kier alpha value is -3.55. The molecule has 7 nitrogen and oxygen atoms in total. The van der Waals surface area contributed by atoms with E-state index in [1.165, 1.54) is 42.5 Å². The van der Waals surface area contributed by atoms with Crippen molar-refractivity contribution in [3.8, 4) is 0 Å². The van der Waals surface area contributed by atoms with Crippen molar-refractivity contribution in [2.24, 2.45) is 0 Å². The summed E-state index contributed by atoms with van der Waals surface area (Å²) >= 11 is 0. The predicted octanol–water partition coefficient (Wildman–Crippen LogP) is 2.61. The van der Waals surface area contributed by atoms with E-state index in [1.807, 2.05) is 0 Å². The molecule has 0 fully saturated rings. The highest BCUT2D eigenvalue weighted by molar-refractivity contribution is 5.89. The highest BCUT2D eigenvalue weighted by Crippen LogP contribution is 2.12. The first kappa shape index (κ1) is 18.8. The highest BCUT2D eigenvalue weighted by Gasteiger charge is 2.07. The molecule has 0 spiro atoms. The first-order chi connectivity index (χ1) is 12.5. The molecule has 1 amide bonds. The van der Waals surface area contributed by atoms with Gasteiger partial charge in [0, 0.05) is 30.3 Å². The van der Waals surface area contributed by atoms with E-state index in [9.17, 15) is 24.1 Å². The van der Waals surface area contributed by atoms with Crippen molar-refractivity contribution < 1.29 is 23.6 Å². The van der Waals surface area contributed by atoms with Crippen LogP contribution in [0.25, 0.3) is 6.08 Å². The van der Waals surface area contributed by atoms with Gasteiger partial charge in [0.2, 0.25) is 0 Å². The summed E-state index contributed by atoms with van der Waals surface area (Å²) < 4.78 is 18.2. The molecule has 0 saturated heterocycles. The topological polar surface area (TPSA) is 98.5 Å². The summed E-state index contributed by atoms with van der Waals surface area (Å²) in [5.74, 6) is -1.74. The SMILES string of the molecule is O=C(COC(=O)/C=C/c1ccc([N+](=O)[O-])cc1)NCc1ccccc1F. The van der Waals surface area contributed by atoms with Crippen LogP contribution in [-0.4, -0.2) is 23.4 Å². The minimum Gasteiger partial charge on any atom is -0.452 e. The van der Waals surface area contributed by atoms with Gasteiger partial charge in [0.15, 0.2) is 6.61 Å². The van der Waals surface area contributed by atoms with E-state index < -0.39 is 29.2 Å². The minimum absolute atomic E-state index is 0.0122. The number of rotatable bonds is 7. The smallest absolute Gasteiger partial charge is 0.331 e. The van der Waals surface area contributed by atoms with Crippen LogP contribution in [0.1, 0.15) is 11.1 Å². The number of ether oxygens (including phenoxy) is 1. The van der Waals surface area contributed by atoms with Crippen molar-refractivity contribution in [2.45, 2.75) is 6.54 Å². The molecular formula is C18H15FN2O5. The molecule has 2 aromatic rings. The van der Waals surface area contributed by atoms with Gasteiger partial charge in [-0.3, -0.25) is 14.9 Å². The summed E-state index contributed by atoms with van der Waals surface area (Å²) in [7, 11) is 0. The van der Waals surface area contributed by atoms with Gasteiger partial charge in [-0.2, -0.15) is 0 Å². The van der Waals surface area contributed by atoms with E-state index in [0.717, 1.165) is 6.08 Å². The number of nitro benzene ring substituents is 1. The monoisotopic (exact) mass is 358 g/mol. The number of carbonyl (C=O) groups is 2. The van der Waals surface area contributed by atoms with Crippen molar-refractivity contribution in [1.29, 1.82) is 0 Å². The quantitative estimate of drug-likeness (QED) is 0.355. The zero-order valence-corrected chi connectivity index (χ0v) is 13.6. The predicted molar refractivity (Wildman–Crippen MR) is 91.3 cm³/mol. The standard InChI is InChI=1S/C18H15FN2O5/c19-16-4-2-1-3-14(16)11-20-17(22)12-26-18(23)10-7-13-5-8-15(9-6-13)21(24)25/h1-10H,11-12H2,(H,20,22)/b10-7+.